The second-order valence-electron chi connectivity index (χ2n) is 14.1. The fourth-order valence-electron chi connectivity index (χ4n) is 8.19. The number of piperazine rings is 1. The Morgan fingerprint density at radius 2 is 1.71 bits per heavy atom. The summed E-state index contributed by atoms with van der Waals surface area (Å²) in [6.45, 7) is 6.04. The number of para-hydroxylation sites is 1. The minimum absolute atomic E-state index is 0.0362. The number of aromatic nitrogens is 1. The molecule has 2 amide bonds. The minimum Gasteiger partial charge on any atom is -0.496 e. The van der Waals surface area contributed by atoms with Crippen LogP contribution in [-0.2, 0) is 22.3 Å². The summed E-state index contributed by atoms with van der Waals surface area (Å²) in [5, 5.41) is 1.14. The van der Waals surface area contributed by atoms with Gasteiger partial charge in [0.2, 0.25) is 5.91 Å². The van der Waals surface area contributed by atoms with Gasteiger partial charge in [0.15, 0.2) is 0 Å². The summed E-state index contributed by atoms with van der Waals surface area (Å²) in [6, 6.07) is 13.9. The molecule has 7 rings (SSSR count). The smallest absolute Gasteiger partial charge is 0.416 e. The molecule has 9 nitrogen and oxygen atoms in total. The summed E-state index contributed by atoms with van der Waals surface area (Å²) in [7, 11) is 1.38. The zero-order valence-corrected chi connectivity index (χ0v) is 28.0. The number of nitrogens with zero attached hydrogens (tertiary/aromatic N) is 5. The average molecular weight is 680 g/mol. The Morgan fingerprint density at radius 1 is 0.980 bits per heavy atom. The van der Waals surface area contributed by atoms with E-state index in [1.807, 2.05) is 34.2 Å². The fraction of sp³-hybridized carbons (Fsp3) is 0.541. The van der Waals surface area contributed by atoms with Gasteiger partial charge in [-0.1, -0.05) is 24.3 Å². The Hall–Kier alpha value is -4.06. The molecule has 1 saturated carbocycles. The first kappa shape index (κ1) is 33.4. The van der Waals surface area contributed by atoms with Gasteiger partial charge in [-0.15, -0.1) is 0 Å². The lowest BCUT2D eigenvalue weighted by atomic mass is 9.81. The largest absolute Gasteiger partial charge is 0.496 e. The molecule has 3 saturated heterocycles. The van der Waals surface area contributed by atoms with Crippen LogP contribution in [0.2, 0.25) is 0 Å². The van der Waals surface area contributed by atoms with E-state index in [2.05, 4.69) is 26.9 Å². The number of hydrogen-bond acceptors (Lipinski definition) is 7. The van der Waals surface area contributed by atoms with E-state index in [9.17, 15) is 22.8 Å². The van der Waals surface area contributed by atoms with Crippen molar-refractivity contribution in [3.8, 4) is 5.75 Å². The van der Waals surface area contributed by atoms with Crippen LogP contribution in [0.25, 0.3) is 10.9 Å². The molecule has 0 radical (unpaired) electrons. The lowest BCUT2D eigenvalue weighted by Crippen LogP contribution is -2.51. The summed E-state index contributed by atoms with van der Waals surface area (Å²) in [5.74, 6) is 0.866. The van der Waals surface area contributed by atoms with Crippen molar-refractivity contribution in [3.63, 3.8) is 0 Å². The normalized spacial score (nSPS) is 23.3. The lowest BCUT2D eigenvalue weighted by Gasteiger charge is -2.39. The predicted molar refractivity (Wildman–Crippen MR) is 179 cm³/mol. The highest BCUT2D eigenvalue weighted by Crippen LogP contribution is 2.38. The van der Waals surface area contributed by atoms with Gasteiger partial charge in [0.25, 0.3) is 0 Å². The maximum Gasteiger partial charge on any atom is 0.416 e. The highest BCUT2D eigenvalue weighted by Gasteiger charge is 2.47. The maximum atomic E-state index is 13.5. The van der Waals surface area contributed by atoms with E-state index in [1.165, 1.54) is 18.9 Å². The van der Waals surface area contributed by atoms with Gasteiger partial charge in [-0.3, -0.25) is 14.7 Å². The number of alkyl halides is 3. The molecule has 3 aromatic rings. The molecule has 0 bridgehead atoms. The fourth-order valence-corrected chi connectivity index (χ4v) is 8.19. The summed E-state index contributed by atoms with van der Waals surface area (Å²) in [6.07, 6.45) is 2.02. The van der Waals surface area contributed by atoms with Crippen molar-refractivity contribution in [2.75, 3.05) is 64.4 Å². The zero-order valence-electron chi connectivity index (χ0n) is 28.0. The number of carbonyl (C=O) groups is 2. The van der Waals surface area contributed by atoms with Crippen LogP contribution in [0.15, 0.2) is 54.7 Å². The third-order valence-corrected chi connectivity index (χ3v) is 11.0. The number of hydrogen-bond donors (Lipinski definition) is 0. The van der Waals surface area contributed by atoms with Gasteiger partial charge >= 0.3 is 12.3 Å². The van der Waals surface area contributed by atoms with E-state index in [1.54, 1.807) is 0 Å². The molecular formula is C37H44F3N5O4. The number of benzene rings is 2. The molecule has 3 aliphatic heterocycles. The first-order chi connectivity index (χ1) is 23.6. The van der Waals surface area contributed by atoms with Gasteiger partial charge in [0.1, 0.15) is 11.4 Å². The third kappa shape index (κ3) is 7.15. The number of piperidine rings is 1. The van der Waals surface area contributed by atoms with Crippen LogP contribution in [-0.4, -0.2) is 96.8 Å². The topological polar surface area (TPSA) is 78.5 Å². The highest BCUT2D eigenvalue weighted by molar-refractivity contribution is 5.91. The van der Waals surface area contributed by atoms with Crippen LogP contribution < -0.4 is 9.64 Å². The number of anilines is 1. The molecule has 1 spiro atoms. The number of fused-ring (bicyclic) bond motifs is 1. The van der Waals surface area contributed by atoms with Crippen molar-refractivity contribution in [1.82, 2.24) is 19.7 Å². The lowest BCUT2D eigenvalue weighted by molar-refractivity contribution is -0.138. The second kappa shape index (κ2) is 13.7. The average Bonchev–Trinajstić information content (AvgIpc) is 3.42. The zero-order chi connectivity index (χ0) is 34.2. The molecule has 4 aliphatic rings. The van der Waals surface area contributed by atoms with E-state index in [4.69, 9.17) is 9.47 Å². The molecule has 2 aromatic carbocycles. The van der Waals surface area contributed by atoms with Crippen LogP contribution in [0, 0.1) is 11.8 Å². The Labute approximate surface area is 284 Å². The Balaban J connectivity index is 0.856. The number of methoxy groups -OCH3 is 1. The molecule has 262 valence electrons. The third-order valence-electron chi connectivity index (χ3n) is 11.0. The molecule has 4 fully saturated rings. The van der Waals surface area contributed by atoms with Crippen LogP contribution in [0.1, 0.15) is 49.7 Å². The minimum atomic E-state index is -4.42. The molecule has 1 aromatic heterocycles. The molecule has 49 heavy (non-hydrogen) atoms. The van der Waals surface area contributed by atoms with Crippen LogP contribution >= 0.6 is 0 Å². The van der Waals surface area contributed by atoms with E-state index >= 15 is 0 Å². The van der Waals surface area contributed by atoms with Crippen molar-refractivity contribution in [2.24, 2.45) is 11.8 Å². The number of amides is 2. The van der Waals surface area contributed by atoms with E-state index in [-0.39, 0.29) is 23.7 Å². The molecule has 0 N–H and O–H groups in total. The summed E-state index contributed by atoms with van der Waals surface area (Å²) >= 11 is 0. The summed E-state index contributed by atoms with van der Waals surface area (Å²) in [5.41, 5.74) is 1.59. The quantitative estimate of drug-likeness (QED) is 0.294. The maximum absolute atomic E-state index is 13.5. The van der Waals surface area contributed by atoms with Gasteiger partial charge in [0.05, 0.1) is 24.7 Å². The van der Waals surface area contributed by atoms with E-state index in [0.717, 1.165) is 61.8 Å². The number of pyridine rings is 1. The van der Waals surface area contributed by atoms with Crippen molar-refractivity contribution in [2.45, 2.75) is 56.8 Å². The Bertz CT molecular complexity index is 1660. The van der Waals surface area contributed by atoms with E-state index in [0.29, 0.717) is 70.1 Å². The van der Waals surface area contributed by atoms with Crippen LogP contribution in [0.5, 0.6) is 5.75 Å². The Kier molecular flexibility index (Phi) is 9.34. The number of rotatable bonds is 7. The van der Waals surface area contributed by atoms with Gasteiger partial charge in [-0.2, -0.15) is 13.2 Å². The molecule has 0 unspecified atom stereocenters. The van der Waals surface area contributed by atoms with Crippen molar-refractivity contribution < 1.29 is 32.2 Å². The number of halogens is 3. The number of likely N-dealkylation sites (tertiary alicyclic amines) is 1. The molecule has 1 aliphatic carbocycles. The molecule has 12 heteroatoms. The van der Waals surface area contributed by atoms with Gasteiger partial charge in [-0.25, -0.2) is 4.79 Å². The first-order valence-corrected chi connectivity index (χ1v) is 17.4. The van der Waals surface area contributed by atoms with Crippen molar-refractivity contribution in [1.29, 1.82) is 0 Å². The van der Waals surface area contributed by atoms with Crippen molar-refractivity contribution in [3.05, 3.63) is 65.9 Å². The van der Waals surface area contributed by atoms with Gasteiger partial charge < -0.3 is 24.2 Å². The van der Waals surface area contributed by atoms with E-state index < -0.39 is 17.3 Å². The summed E-state index contributed by atoms with van der Waals surface area (Å²) < 4.78 is 50.7. The summed E-state index contributed by atoms with van der Waals surface area (Å²) in [4.78, 5) is 39.4. The predicted octanol–water partition coefficient (Wildman–Crippen LogP) is 6.20. The highest BCUT2D eigenvalue weighted by atomic mass is 19.4. The standard InChI is InChI=1S/C37H44F3N5O4/c1-48-33-22-29(37(38,39)40)11-10-28(33)24-42-16-13-36(14-17-42)25-45(35(47)49-36)23-26-6-8-27(9-7-26)34(46)44-20-18-43(19-21-44)32-12-15-41-31-5-3-2-4-30(31)32/h2-5,10-12,15,22,26-27H,6-9,13-14,16-21,23-25H2,1H3. The molecule has 0 atom stereocenters. The van der Waals surface area contributed by atoms with Crippen molar-refractivity contribution >= 4 is 28.6 Å². The van der Waals surface area contributed by atoms with Crippen LogP contribution in [0.4, 0.5) is 23.7 Å². The SMILES string of the molecule is COc1cc(C(F)(F)F)ccc1CN1CCC2(CC1)CN(CC1CCC(C(=O)N3CCN(c4ccnc5ccccc45)CC3)CC1)C(=O)O2. The Morgan fingerprint density at radius 3 is 2.43 bits per heavy atom. The monoisotopic (exact) mass is 679 g/mol. The first-order valence-electron chi connectivity index (χ1n) is 17.4. The van der Waals surface area contributed by atoms with Gasteiger partial charge in [0, 0.05) is 94.0 Å². The second-order valence-corrected chi connectivity index (χ2v) is 14.1. The molecular weight excluding hydrogens is 635 g/mol. The van der Waals surface area contributed by atoms with Crippen LogP contribution in [0.3, 0.4) is 0 Å². The number of ether oxygens (including phenoxy) is 2. The molecule has 4 heterocycles. The van der Waals surface area contributed by atoms with Gasteiger partial charge in [-0.05, 0) is 55.9 Å². The number of carbonyl (C=O) groups excluding carboxylic acids is 2.